The summed E-state index contributed by atoms with van der Waals surface area (Å²) in [5.41, 5.74) is 2.32. The van der Waals surface area contributed by atoms with Crippen molar-refractivity contribution in [3.63, 3.8) is 0 Å². The third-order valence-corrected chi connectivity index (χ3v) is 3.72. The second-order valence-corrected chi connectivity index (χ2v) is 5.57. The number of hydrogen-bond acceptors (Lipinski definition) is 5. The van der Waals surface area contributed by atoms with Crippen LogP contribution < -0.4 is 9.47 Å². The van der Waals surface area contributed by atoms with Crippen molar-refractivity contribution in [3.05, 3.63) is 89.7 Å². The van der Waals surface area contributed by atoms with Crippen molar-refractivity contribution in [3.8, 4) is 11.5 Å². The molecule has 0 aliphatic carbocycles. The summed E-state index contributed by atoms with van der Waals surface area (Å²) in [7, 11) is 1.34. The first-order valence-electron chi connectivity index (χ1n) is 8.17. The minimum Gasteiger partial charge on any atom is -0.489 e. The maximum atomic E-state index is 12.0. The molecule has 0 aliphatic rings. The van der Waals surface area contributed by atoms with Crippen LogP contribution in [0.2, 0.25) is 0 Å². The molecule has 5 heteroatoms. The van der Waals surface area contributed by atoms with E-state index in [1.165, 1.54) is 7.11 Å². The van der Waals surface area contributed by atoms with Gasteiger partial charge < -0.3 is 14.2 Å². The fraction of sp³-hybridized carbons (Fsp3) is 0.143. The Morgan fingerprint density at radius 3 is 2.42 bits per heavy atom. The molecule has 3 rings (SSSR count). The van der Waals surface area contributed by atoms with E-state index >= 15 is 0 Å². The van der Waals surface area contributed by atoms with Crippen molar-refractivity contribution in [2.24, 2.45) is 0 Å². The molecular formula is C21H19NO4. The highest BCUT2D eigenvalue weighted by Crippen LogP contribution is 2.27. The topological polar surface area (TPSA) is 57.7 Å². The lowest BCUT2D eigenvalue weighted by Crippen LogP contribution is -2.06. The first-order valence-corrected chi connectivity index (χ1v) is 8.17. The number of methoxy groups -OCH3 is 1. The highest BCUT2D eigenvalue weighted by Gasteiger charge is 2.14. The van der Waals surface area contributed by atoms with Crippen molar-refractivity contribution in [1.82, 2.24) is 4.98 Å². The molecule has 0 aliphatic heterocycles. The van der Waals surface area contributed by atoms with E-state index in [0.717, 1.165) is 11.1 Å². The third-order valence-electron chi connectivity index (χ3n) is 3.72. The molecule has 5 nitrogen and oxygen atoms in total. The van der Waals surface area contributed by atoms with Crippen LogP contribution in [0.3, 0.4) is 0 Å². The number of aromatic nitrogens is 1. The number of hydrogen-bond donors (Lipinski definition) is 0. The molecule has 0 N–H and O–H groups in total. The van der Waals surface area contributed by atoms with Crippen molar-refractivity contribution in [1.29, 1.82) is 0 Å². The van der Waals surface area contributed by atoms with E-state index in [2.05, 4.69) is 4.98 Å². The summed E-state index contributed by atoms with van der Waals surface area (Å²) in [4.78, 5) is 16.0. The molecule has 0 saturated heterocycles. The van der Waals surface area contributed by atoms with Crippen LogP contribution in [0, 0.1) is 0 Å². The van der Waals surface area contributed by atoms with Gasteiger partial charge in [0.2, 0.25) is 0 Å². The lowest BCUT2D eigenvalue weighted by Gasteiger charge is -2.13. The van der Waals surface area contributed by atoms with Crippen LogP contribution in [0.15, 0.2) is 73.1 Å². The summed E-state index contributed by atoms with van der Waals surface area (Å²) < 4.78 is 16.5. The Kier molecular flexibility index (Phi) is 5.83. The van der Waals surface area contributed by atoms with Crippen molar-refractivity contribution in [2.45, 2.75) is 13.2 Å². The van der Waals surface area contributed by atoms with Crippen molar-refractivity contribution >= 4 is 5.97 Å². The van der Waals surface area contributed by atoms with Crippen molar-refractivity contribution in [2.75, 3.05) is 7.11 Å². The fourth-order valence-electron chi connectivity index (χ4n) is 2.38. The van der Waals surface area contributed by atoms with Gasteiger partial charge in [0.05, 0.1) is 7.11 Å². The Hall–Kier alpha value is -3.34. The molecule has 3 aromatic rings. The summed E-state index contributed by atoms with van der Waals surface area (Å²) in [6.07, 6.45) is 3.46. The smallest absolute Gasteiger partial charge is 0.341 e. The van der Waals surface area contributed by atoms with Gasteiger partial charge in [-0.15, -0.1) is 0 Å². The van der Waals surface area contributed by atoms with Crippen LogP contribution in [-0.4, -0.2) is 18.1 Å². The zero-order valence-electron chi connectivity index (χ0n) is 14.4. The summed E-state index contributed by atoms with van der Waals surface area (Å²) in [5.74, 6) is 0.570. The second-order valence-electron chi connectivity index (χ2n) is 5.57. The van der Waals surface area contributed by atoms with Gasteiger partial charge in [-0.2, -0.15) is 0 Å². The Bertz CT molecular complexity index is 850. The lowest BCUT2D eigenvalue weighted by molar-refractivity contribution is 0.0595. The van der Waals surface area contributed by atoms with E-state index in [4.69, 9.17) is 14.2 Å². The average molecular weight is 349 g/mol. The monoisotopic (exact) mass is 349 g/mol. The molecule has 0 atom stereocenters. The number of ether oxygens (including phenoxy) is 3. The summed E-state index contributed by atoms with van der Waals surface area (Å²) in [6.45, 7) is 0.723. The van der Waals surface area contributed by atoms with Gasteiger partial charge in [-0.05, 0) is 23.8 Å². The minimum atomic E-state index is -0.452. The number of carbonyl (C=O) groups excluding carboxylic acids is 1. The Morgan fingerprint density at radius 1 is 0.923 bits per heavy atom. The zero-order chi connectivity index (χ0) is 18.2. The van der Waals surface area contributed by atoms with Crippen LogP contribution >= 0.6 is 0 Å². The van der Waals surface area contributed by atoms with E-state index in [9.17, 15) is 4.79 Å². The number of pyridine rings is 1. The van der Waals surface area contributed by atoms with Gasteiger partial charge in [0, 0.05) is 24.0 Å². The average Bonchev–Trinajstić information content (AvgIpc) is 2.71. The molecule has 132 valence electrons. The Labute approximate surface area is 152 Å². The third kappa shape index (κ3) is 4.60. The summed E-state index contributed by atoms with van der Waals surface area (Å²) in [6, 6.07) is 18.6. The van der Waals surface area contributed by atoms with Gasteiger partial charge >= 0.3 is 5.97 Å². The molecule has 0 fully saturated rings. The first kappa shape index (κ1) is 17.5. The van der Waals surface area contributed by atoms with Crippen molar-refractivity contribution < 1.29 is 19.0 Å². The van der Waals surface area contributed by atoms with Crippen LogP contribution in [0.1, 0.15) is 21.5 Å². The molecule has 0 spiro atoms. The molecule has 26 heavy (non-hydrogen) atoms. The van der Waals surface area contributed by atoms with E-state index in [1.54, 1.807) is 30.6 Å². The maximum Gasteiger partial charge on any atom is 0.341 e. The highest BCUT2D eigenvalue weighted by molar-refractivity contribution is 5.92. The maximum absolute atomic E-state index is 12.0. The Morgan fingerprint density at radius 2 is 1.69 bits per heavy atom. The predicted octanol–water partition coefficient (Wildman–Crippen LogP) is 4.03. The van der Waals surface area contributed by atoms with Gasteiger partial charge in [-0.1, -0.05) is 36.4 Å². The van der Waals surface area contributed by atoms with Gasteiger partial charge in [0.1, 0.15) is 30.3 Å². The predicted molar refractivity (Wildman–Crippen MR) is 97.1 cm³/mol. The fourth-order valence-corrected chi connectivity index (χ4v) is 2.38. The van der Waals surface area contributed by atoms with Gasteiger partial charge in [-0.3, -0.25) is 4.98 Å². The second kappa shape index (κ2) is 8.67. The number of benzene rings is 2. The number of nitrogens with zero attached hydrogens (tertiary/aromatic N) is 1. The number of rotatable bonds is 7. The molecule has 1 aromatic heterocycles. The van der Waals surface area contributed by atoms with Gasteiger partial charge in [-0.25, -0.2) is 4.79 Å². The molecule has 2 aromatic carbocycles. The standard InChI is InChI=1S/C21H19NO4/c1-24-21(23)19-10-9-18(25-15-17-8-5-11-22-13-17)12-20(19)26-14-16-6-3-2-4-7-16/h2-13H,14-15H2,1H3. The summed E-state index contributed by atoms with van der Waals surface area (Å²) >= 11 is 0. The van der Waals surface area contributed by atoms with E-state index in [-0.39, 0.29) is 0 Å². The van der Waals surface area contributed by atoms with Gasteiger partial charge in [0.25, 0.3) is 0 Å². The molecule has 0 unspecified atom stereocenters. The van der Waals surface area contributed by atoms with E-state index < -0.39 is 5.97 Å². The quantitative estimate of drug-likeness (QED) is 0.603. The molecule has 1 heterocycles. The molecule has 0 bridgehead atoms. The first-order chi connectivity index (χ1) is 12.8. The molecule has 0 radical (unpaired) electrons. The van der Waals surface area contributed by atoms with Crippen LogP contribution in [0.25, 0.3) is 0 Å². The lowest BCUT2D eigenvalue weighted by atomic mass is 10.2. The SMILES string of the molecule is COC(=O)c1ccc(OCc2cccnc2)cc1OCc1ccccc1. The minimum absolute atomic E-state index is 0.344. The molecule has 0 saturated carbocycles. The number of carbonyl (C=O) groups is 1. The van der Waals surface area contributed by atoms with Crippen LogP contribution in [0.4, 0.5) is 0 Å². The normalized spacial score (nSPS) is 10.2. The van der Waals surface area contributed by atoms with E-state index in [0.29, 0.717) is 30.3 Å². The number of esters is 1. The zero-order valence-corrected chi connectivity index (χ0v) is 14.4. The molecular weight excluding hydrogens is 330 g/mol. The van der Waals surface area contributed by atoms with E-state index in [1.807, 2.05) is 42.5 Å². The van der Waals surface area contributed by atoms with Gasteiger partial charge in [0.15, 0.2) is 0 Å². The molecule has 0 amide bonds. The largest absolute Gasteiger partial charge is 0.489 e. The Balaban J connectivity index is 1.76. The summed E-state index contributed by atoms with van der Waals surface area (Å²) in [5, 5.41) is 0. The highest BCUT2D eigenvalue weighted by atomic mass is 16.5. The van der Waals surface area contributed by atoms with Crippen LogP contribution in [0.5, 0.6) is 11.5 Å². The van der Waals surface area contributed by atoms with Crippen LogP contribution in [-0.2, 0) is 18.0 Å².